The molecule has 2 bridgehead atoms. The van der Waals surface area contributed by atoms with Gasteiger partial charge in [0.15, 0.2) is 12.1 Å². The average molecular weight is 479 g/mol. The number of aryl methyl sites for hydroxylation is 1. The van der Waals surface area contributed by atoms with E-state index in [2.05, 4.69) is 41.1 Å². The Hall–Kier alpha value is -2.87. The van der Waals surface area contributed by atoms with Crippen LogP contribution in [0.3, 0.4) is 0 Å². The summed E-state index contributed by atoms with van der Waals surface area (Å²) < 4.78 is 0.968. The highest BCUT2D eigenvalue weighted by molar-refractivity contribution is 9.10. The van der Waals surface area contributed by atoms with Crippen LogP contribution < -0.4 is 10.2 Å². The number of aromatic nitrogens is 4. The number of hydrogen-bond acceptors (Lipinski definition) is 7. The van der Waals surface area contributed by atoms with Crippen LogP contribution in [0.25, 0.3) is 11.5 Å². The van der Waals surface area contributed by atoms with Crippen LogP contribution in [0, 0.1) is 12.8 Å². The molecule has 3 atom stereocenters. The van der Waals surface area contributed by atoms with E-state index in [9.17, 15) is 4.79 Å². The van der Waals surface area contributed by atoms with E-state index in [0.29, 0.717) is 35.1 Å². The third kappa shape index (κ3) is 3.92. The molecule has 158 valence electrons. The molecule has 3 aromatic rings. The Labute approximate surface area is 189 Å². The molecule has 2 saturated heterocycles. The minimum absolute atomic E-state index is 0.296. The molecule has 8 heteroatoms. The van der Waals surface area contributed by atoms with Crippen molar-refractivity contribution in [3.05, 3.63) is 58.5 Å². The molecule has 0 aromatic carbocycles. The van der Waals surface area contributed by atoms with Crippen molar-refractivity contribution in [2.75, 3.05) is 16.8 Å². The monoisotopic (exact) mass is 478 g/mol. The fraction of sp³-hybridized carbons (Fsp3) is 0.348. The Bertz CT molecular complexity index is 1090. The number of piperidine rings is 2. The van der Waals surface area contributed by atoms with E-state index >= 15 is 0 Å². The summed E-state index contributed by atoms with van der Waals surface area (Å²) in [6, 6.07) is 8.28. The predicted octanol–water partition coefficient (Wildman–Crippen LogP) is 4.29. The van der Waals surface area contributed by atoms with Crippen molar-refractivity contribution in [1.29, 1.82) is 0 Å². The van der Waals surface area contributed by atoms with Crippen molar-refractivity contribution in [3.8, 4) is 11.5 Å². The van der Waals surface area contributed by atoms with E-state index < -0.39 is 0 Å². The smallest absolute Gasteiger partial charge is 0.178 e. The summed E-state index contributed by atoms with van der Waals surface area (Å²) in [5, 5.41) is 3.65. The zero-order chi connectivity index (χ0) is 21.4. The second-order valence-electron chi connectivity index (χ2n) is 8.27. The molecular weight excluding hydrogens is 456 g/mol. The van der Waals surface area contributed by atoms with Gasteiger partial charge in [0.1, 0.15) is 17.3 Å². The number of carbonyl (C=O) groups excluding carboxylic acids is 1. The lowest BCUT2D eigenvalue weighted by Gasteiger charge is -2.51. The van der Waals surface area contributed by atoms with Crippen LogP contribution in [0.4, 0.5) is 11.6 Å². The van der Waals surface area contributed by atoms with Gasteiger partial charge in [-0.15, -0.1) is 0 Å². The number of pyridine rings is 2. The van der Waals surface area contributed by atoms with E-state index in [1.54, 1.807) is 18.5 Å². The first-order valence-corrected chi connectivity index (χ1v) is 11.3. The first-order chi connectivity index (χ1) is 15.1. The molecule has 1 saturated carbocycles. The molecular formula is C23H23BrN6O. The summed E-state index contributed by atoms with van der Waals surface area (Å²) in [7, 11) is 0. The van der Waals surface area contributed by atoms with E-state index in [4.69, 9.17) is 4.98 Å². The number of anilines is 2. The second kappa shape index (κ2) is 8.34. The molecule has 6 rings (SSSR count). The number of nitrogens with one attached hydrogen (secondary N) is 1. The second-order valence-corrected chi connectivity index (χ2v) is 9.18. The minimum atomic E-state index is 0.296. The lowest BCUT2D eigenvalue weighted by molar-refractivity contribution is 0.112. The van der Waals surface area contributed by atoms with Crippen LogP contribution >= 0.6 is 15.9 Å². The number of carbonyl (C=O) groups is 1. The highest BCUT2D eigenvalue weighted by atomic mass is 79.9. The van der Waals surface area contributed by atoms with Crippen LogP contribution in [0.5, 0.6) is 0 Å². The number of nitrogens with zero attached hydrogens (tertiary/aromatic N) is 5. The highest BCUT2D eigenvalue weighted by Crippen LogP contribution is 2.40. The van der Waals surface area contributed by atoms with Gasteiger partial charge in [-0.05, 0) is 77.9 Å². The van der Waals surface area contributed by atoms with Crippen molar-refractivity contribution in [1.82, 2.24) is 19.9 Å². The van der Waals surface area contributed by atoms with Gasteiger partial charge in [-0.2, -0.15) is 0 Å². The van der Waals surface area contributed by atoms with Gasteiger partial charge in [0.2, 0.25) is 0 Å². The van der Waals surface area contributed by atoms with Crippen LogP contribution in [0.1, 0.15) is 35.2 Å². The SMILES string of the molecule is Cc1cc(C=O)c(-c2ncccn2)nc1N1C[C@@H]2CC[C@H]1[C@H](Nc1ccc(Br)cn1)C2. The van der Waals surface area contributed by atoms with Gasteiger partial charge in [-0.1, -0.05) is 0 Å². The molecule has 31 heavy (non-hydrogen) atoms. The molecule has 3 fully saturated rings. The molecule has 0 unspecified atom stereocenters. The largest absolute Gasteiger partial charge is 0.365 e. The Morgan fingerprint density at radius 2 is 2.03 bits per heavy atom. The van der Waals surface area contributed by atoms with E-state index in [1.165, 1.54) is 6.42 Å². The van der Waals surface area contributed by atoms with Crippen molar-refractivity contribution in [2.45, 2.75) is 38.3 Å². The number of hydrogen-bond donors (Lipinski definition) is 1. The lowest BCUT2D eigenvalue weighted by Crippen LogP contribution is -2.58. The lowest BCUT2D eigenvalue weighted by atomic mass is 9.76. The normalized spacial score (nSPS) is 22.4. The molecule has 3 aliphatic rings. The summed E-state index contributed by atoms with van der Waals surface area (Å²) in [5.41, 5.74) is 2.05. The predicted molar refractivity (Wildman–Crippen MR) is 123 cm³/mol. The minimum Gasteiger partial charge on any atom is -0.365 e. The van der Waals surface area contributed by atoms with Crippen LogP contribution in [-0.2, 0) is 0 Å². The Morgan fingerprint density at radius 1 is 1.19 bits per heavy atom. The standard InChI is InChI=1S/C23H23BrN6O/c1-14-9-16(13-31)21(22-25-7-2-8-26-22)29-23(14)30-12-15-3-5-19(30)18(10-15)28-20-6-4-17(24)11-27-20/h2,4,6-9,11,13,15,18-19H,3,5,10,12H2,1H3,(H,27,28)/t15-,18-,19+/m1/s1. The molecule has 2 aliphatic heterocycles. The van der Waals surface area contributed by atoms with Gasteiger partial charge < -0.3 is 10.2 Å². The summed E-state index contributed by atoms with van der Waals surface area (Å²) >= 11 is 3.45. The van der Waals surface area contributed by atoms with Crippen LogP contribution in [0.15, 0.2) is 47.3 Å². The van der Waals surface area contributed by atoms with Gasteiger partial charge >= 0.3 is 0 Å². The van der Waals surface area contributed by atoms with Crippen molar-refractivity contribution >= 4 is 33.9 Å². The maximum atomic E-state index is 11.7. The molecule has 0 radical (unpaired) electrons. The number of halogens is 1. The quantitative estimate of drug-likeness (QED) is 0.547. The molecule has 5 heterocycles. The average Bonchev–Trinajstić information content (AvgIpc) is 2.81. The zero-order valence-corrected chi connectivity index (χ0v) is 18.8. The number of rotatable bonds is 5. The van der Waals surface area contributed by atoms with E-state index in [1.807, 2.05) is 31.3 Å². The van der Waals surface area contributed by atoms with Gasteiger partial charge in [0, 0.05) is 41.2 Å². The Morgan fingerprint density at radius 3 is 2.74 bits per heavy atom. The van der Waals surface area contributed by atoms with E-state index in [-0.39, 0.29) is 0 Å². The topological polar surface area (TPSA) is 83.9 Å². The fourth-order valence-corrected chi connectivity index (χ4v) is 5.08. The molecule has 1 aliphatic carbocycles. The van der Waals surface area contributed by atoms with Crippen molar-refractivity contribution in [2.24, 2.45) is 5.92 Å². The van der Waals surface area contributed by atoms with Gasteiger partial charge in [0.05, 0.1) is 6.04 Å². The molecule has 1 N–H and O–H groups in total. The maximum Gasteiger partial charge on any atom is 0.178 e. The Kier molecular flexibility index (Phi) is 5.40. The van der Waals surface area contributed by atoms with Crippen molar-refractivity contribution < 1.29 is 4.79 Å². The zero-order valence-electron chi connectivity index (χ0n) is 17.2. The van der Waals surface area contributed by atoms with Crippen LogP contribution in [-0.4, -0.2) is 44.9 Å². The van der Waals surface area contributed by atoms with Crippen LogP contribution in [0.2, 0.25) is 0 Å². The van der Waals surface area contributed by atoms with E-state index in [0.717, 1.165) is 47.3 Å². The summed E-state index contributed by atoms with van der Waals surface area (Å²) in [5.74, 6) is 2.88. The number of aldehydes is 1. The van der Waals surface area contributed by atoms with Gasteiger partial charge in [-0.3, -0.25) is 4.79 Å². The van der Waals surface area contributed by atoms with Gasteiger partial charge in [0.25, 0.3) is 0 Å². The molecule has 3 aromatic heterocycles. The first-order valence-electron chi connectivity index (χ1n) is 10.5. The Balaban J connectivity index is 1.49. The summed E-state index contributed by atoms with van der Waals surface area (Å²) in [6.07, 6.45) is 9.45. The first kappa shape index (κ1) is 20.1. The molecule has 0 spiro atoms. The maximum absolute atomic E-state index is 11.7. The molecule has 7 nitrogen and oxygen atoms in total. The summed E-state index contributed by atoms with van der Waals surface area (Å²) in [6.45, 7) is 2.99. The highest BCUT2D eigenvalue weighted by Gasteiger charge is 2.42. The van der Waals surface area contributed by atoms with Gasteiger partial charge in [-0.25, -0.2) is 19.9 Å². The number of fused-ring (bicyclic) bond motifs is 3. The molecule has 0 amide bonds. The fourth-order valence-electron chi connectivity index (χ4n) is 4.85. The third-order valence-electron chi connectivity index (χ3n) is 6.23. The van der Waals surface area contributed by atoms with Crippen molar-refractivity contribution in [3.63, 3.8) is 0 Å². The summed E-state index contributed by atoms with van der Waals surface area (Å²) in [4.78, 5) is 32.2. The third-order valence-corrected chi connectivity index (χ3v) is 6.70.